The molecule has 0 spiro atoms. The molecule has 1 unspecified atom stereocenters. The Hall–Kier alpha value is -1.51. The maximum Gasteiger partial charge on any atom is 0.472 e. The van der Waals surface area contributed by atoms with Gasteiger partial charge in [0, 0.05) is 19.4 Å². The highest BCUT2D eigenvalue weighted by Gasteiger charge is 2.25. The van der Waals surface area contributed by atoms with Gasteiger partial charge >= 0.3 is 19.8 Å². The van der Waals surface area contributed by atoms with Crippen molar-refractivity contribution in [2.24, 2.45) is 5.73 Å². The van der Waals surface area contributed by atoms with Crippen LogP contribution in [0.1, 0.15) is 155 Å². The zero-order valence-electron chi connectivity index (χ0n) is 28.6. The van der Waals surface area contributed by atoms with Gasteiger partial charge in [0.15, 0.2) is 6.10 Å². The number of allylic oxidation sites excluding steroid dienone is 4. The number of carbonyl (C=O) groups excluding carboxylic acids is 2. The van der Waals surface area contributed by atoms with E-state index < -0.39 is 26.5 Å². The maximum absolute atomic E-state index is 12.5. The van der Waals surface area contributed by atoms with Gasteiger partial charge in [0.25, 0.3) is 0 Å². The van der Waals surface area contributed by atoms with Crippen molar-refractivity contribution in [2.75, 3.05) is 26.4 Å². The minimum absolute atomic E-state index is 0.0517. The first-order valence-electron chi connectivity index (χ1n) is 17.8. The van der Waals surface area contributed by atoms with E-state index in [1.54, 1.807) is 0 Å². The molecule has 0 bridgehead atoms. The van der Waals surface area contributed by atoms with Crippen LogP contribution in [0.5, 0.6) is 0 Å². The van der Waals surface area contributed by atoms with Crippen LogP contribution >= 0.6 is 7.82 Å². The molecule has 0 aromatic rings. The molecule has 2 atom stereocenters. The second-order valence-corrected chi connectivity index (χ2v) is 13.2. The van der Waals surface area contributed by atoms with E-state index in [1.165, 1.54) is 64.2 Å². The summed E-state index contributed by atoms with van der Waals surface area (Å²) in [4.78, 5) is 34.5. The van der Waals surface area contributed by atoms with Crippen LogP contribution in [0.4, 0.5) is 0 Å². The highest BCUT2D eigenvalue weighted by atomic mass is 31.2. The summed E-state index contributed by atoms with van der Waals surface area (Å²) in [5.74, 6) is -0.850. The van der Waals surface area contributed by atoms with Crippen LogP contribution in [0.3, 0.4) is 0 Å². The number of phosphoric acid groups is 1. The third kappa shape index (κ3) is 32.2. The lowest BCUT2D eigenvalue weighted by molar-refractivity contribution is -0.161. The number of phosphoric ester groups is 1. The summed E-state index contributed by atoms with van der Waals surface area (Å²) in [6, 6.07) is 0. The van der Waals surface area contributed by atoms with Crippen molar-refractivity contribution in [3.8, 4) is 0 Å². The van der Waals surface area contributed by atoms with Gasteiger partial charge in [-0.05, 0) is 38.5 Å². The molecule has 45 heavy (non-hydrogen) atoms. The second-order valence-electron chi connectivity index (χ2n) is 11.8. The van der Waals surface area contributed by atoms with E-state index in [9.17, 15) is 19.0 Å². The molecule has 0 aliphatic rings. The topological polar surface area (TPSA) is 134 Å². The summed E-state index contributed by atoms with van der Waals surface area (Å²) in [7, 11) is -4.37. The van der Waals surface area contributed by atoms with Crippen molar-refractivity contribution in [1.82, 2.24) is 0 Å². The molecule has 0 fully saturated rings. The fourth-order valence-electron chi connectivity index (χ4n) is 4.68. The monoisotopic (exact) mass is 659 g/mol. The number of hydrogen-bond donors (Lipinski definition) is 2. The Kier molecular flexibility index (Phi) is 31.3. The smallest absolute Gasteiger partial charge is 0.462 e. The van der Waals surface area contributed by atoms with Gasteiger partial charge in [0.1, 0.15) is 6.61 Å². The molecule has 0 aromatic heterocycles. The molecule has 0 amide bonds. The van der Waals surface area contributed by atoms with E-state index in [2.05, 4.69) is 38.2 Å². The van der Waals surface area contributed by atoms with Gasteiger partial charge in [-0.25, -0.2) is 4.57 Å². The molecule has 0 heterocycles. The molecule has 0 saturated heterocycles. The summed E-state index contributed by atoms with van der Waals surface area (Å²) in [5.41, 5.74) is 5.31. The first kappa shape index (κ1) is 43.5. The van der Waals surface area contributed by atoms with E-state index in [0.717, 1.165) is 57.8 Å². The highest BCUT2D eigenvalue weighted by molar-refractivity contribution is 7.47. The predicted molar refractivity (Wildman–Crippen MR) is 183 cm³/mol. The predicted octanol–water partition coefficient (Wildman–Crippen LogP) is 9.27. The van der Waals surface area contributed by atoms with Crippen molar-refractivity contribution >= 4 is 19.8 Å². The minimum Gasteiger partial charge on any atom is -0.462 e. The largest absolute Gasteiger partial charge is 0.472 e. The Bertz CT molecular complexity index is 805. The molecule has 9 nitrogen and oxygen atoms in total. The van der Waals surface area contributed by atoms with Crippen molar-refractivity contribution in [3.63, 3.8) is 0 Å². The van der Waals surface area contributed by atoms with E-state index in [1.807, 2.05) is 0 Å². The molecule has 0 aliphatic heterocycles. The zero-order chi connectivity index (χ0) is 33.3. The summed E-state index contributed by atoms with van der Waals surface area (Å²) >= 11 is 0. The molecule has 10 heteroatoms. The number of unbranched alkanes of at least 4 members (excludes halogenated alkanes) is 17. The van der Waals surface area contributed by atoms with Crippen LogP contribution in [-0.2, 0) is 32.7 Å². The van der Waals surface area contributed by atoms with Crippen LogP contribution in [0.25, 0.3) is 0 Å². The van der Waals surface area contributed by atoms with E-state index in [0.29, 0.717) is 6.42 Å². The van der Waals surface area contributed by atoms with Crippen LogP contribution in [-0.4, -0.2) is 49.3 Å². The molecule has 0 saturated carbocycles. The molecule has 0 radical (unpaired) electrons. The lowest BCUT2D eigenvalue weighted by atomic mass is 10.1. The number of hydrogen-bond acceptors (Lipinski definition) is 8. The van der Waals surface area contributed by atoms with Crippen LogP contribution in [0, 0.1) is 0 Å². The lowest BCUT2D eigenvalue weighted by Gasteiger charge is -2.19. The van der Waals surface area contributed by atoms with Gasteiger partial charge in [-0.1, -0.05) is 128 Å². The van der Waals surface area contributed by atoms with Crippen molar-refractivity contribution in [1.29, 1.82) is 0 Å². The van der Waals surface area contributed by atoms with Gasteiger partial charge in [0.05, 0.1) is 13.2 Å². The van der Waals surface area contributed by atoms with Gasteiger partial charge in [-0.3, -0.25) is 18.6 Å². The quantitative estimate of drug-likeness (QED) is 0.0306. The van der Waals surface area contributed by atoms with E-state index in [4.69, 9.17) is 24.3 Å². The fraction of sp³-hybridized carbons (Fsp3) is 0.829. The Morgan fingerprint density at radius 3 is 1.67 bits per heavy atom. The first-order valence-corrected chi connectivity index (χ1v) is 19.3. The van der Waals surface area contributed by atoms with E-state index >= 15 is 0 Å². The Labute approximate surface area is 274 Å². The van der Waals surface area contributed by atoms with Crippen molar-refractivity contribution in [3.05, 3.63) is 24.3 Å². The van der Waals surface area contributed by atoms with Crippen LogP contribution in [0.2, 0.25) is 0 Å². The van der Waals surface area contributed by atoms with Gasteiger partial charge in [-0.2, -0.15) is 0 Å². The molecule has 3 N–H and O–H groups in total. The number of carbonyl (C=O) groups is 2. The molecule has 0 rings (SSSR count). The van der Waals surface area contributed by atoms with Crippen molar-refractivity contribution in [2.45, 2.75) is 161 Å². The Morgan fingerprint density at radius 2 is 1.13 bits per heavy atom. The molecule has 0 aliphatic carbocycles. The number of esters is 2. The van der Waals surface area contributed by atoms with Crippen LogP contribution in [0.15, 0.2) is 24.3 Å². The molecular weight excluding hydrogens is 593 g/mol. The number of ether oxygens (including phenoxy) is 2. The molecular formula is C35H66NO8P. The van der Waals surface area contributed by atoms with Gasteiger partial charge in [-0.15, -0.1) is 0 Å². The van der Waals surface area contributed by atoms with Crippen LogP contribution < -0.4 is 5.73 Å². The third-order valence-corrected chi connectivity index (χ3v) is 8.35. The standard InChI is InChI=1S/C35H66NO8P/c1-3-5-7-9-11-13-14-15-16-17-18-20-22-24-26-28-35(38)44-33(32-43-45(39,40)42-30-29-36)31-41-34(37)27-25-23-21-19-12-10-8-6-4-2/h13-16,33H,3-12,17-32,36H2,1-2H3,(H,39,40)/b14-13+,16-15+/t33-/m1/s1. The minimum atomic E-state index is -4.37. The Balaban J connectivity index is 4.28. The summed E-state index contributed by atoms with van der Waals surface area (Å²) in [6.07, 6.45) is 30.7. The number of nitrogens with two attached hydrogens (primary N) is 1. The lowest BCUT2D eigenvalue weighted by Crippen LogP contribution is -2.29. The normalized spacial score (nSPS) is 13.8. The summed E-state index contributed by atoms with van der Waals surface area (Å²) in [6.45, 7) is 3.65. The van der Waals surface area contributed by atoms with E-state index in [-0.39, 0.29) is 38.6 Å². The first-order chi connectivity index (χ1) is 21.8. The molecule has 264 valence electrons. The zero-order valence-corrected chi connectivity index (χ0v) is 29.5. The SMILES string of the molecule is CCCCCC/C=C/C=C/CCCCCCCC(=O)O[C@H](COC(=O)CCCCCCCCCCC)COP(=O)(O)OCCN. The number of rotatable bonds is 33. The summed E-state index contributed by atoms with van der Waals surface area (Å²) < 4.78 is 32.5. The summed E-state index contributed by atoms with van der Waals surface area (Å²) in [5, 5.41) is 0. The second kappa shape index (κ2) is 32.4. The molecule has 0 aromatic carbocycles. The maximum atomic E-state index is 12.5. The fourth-order valence-corrected chi connectivity index (χ4v) is 5.45. The van der Waals surface area contributed by atoms with Crippen molar-refractivity contribution < 1.29 is 37.6 Å². The Morgan fingerprint density at radius 1 is 0.667 bits per heavy atom. The third-order valence-electron chi connectivity index (χ3n) is 7.37. The highest BCUT2D eigenvalue weighted by Crippen LogP contribution is 2.43. The average molecular weight is 660 g/mol. The van der Waals surface area contributed by atoms with Gasteiger partial charge < -0.3 is 20.1 Å². The van der Waals surface area contributed by atoms with Gasteiger partial charge in [0.2, 0.25) is 0 Å². The average Bonchev–Trinajstić information content (AvgIpc) is 3.02.